The van der Waals surface area contributed by atoms with Crippen molar-refractivity contribution >= 4 is 23.0 Å². The second kappa shape index (κ2) is 11.4. The quantitative estimate of drug-likeness (QED) is 0.470. The number of hydrogen-bond donors (Lipinski definition) is 3. The highest BCUT2D eigenvalue weighted by molar-refractivity contribution is 7.80. The first-order valence-corrected chi connectivity index (χ1v) is 9.74. The third-order valence-corrected chi connectivity index (χ3v) is 4.72. The monoisotopic (exact) mass is 350 g/mol. The predicted octanol–water partition coefficient (Wildman–Crippen LogP) is 2.01. The van der Waals surface area contributed by atoms with Crippen LogP contribution in [0.5, 0.6) is 0 Å². The van der Waals surface area contributed by atoms with Gasteiger partial charge in [0.2, 0.25) is 0 Å². The van der Waals surface area contributed by atoms with Crippen LogP contribution in [0.2, 0.25) is 0 Å². The lowest BCUT2D eigenvalue weighted by Gasteiger charge is -2.23. The summed E-state index contributed by atoms with van der Waals surface area (Å²) in [6, 6.07) is 8.63. The van der Waals surface area contributed by atoms with Gasteiger partial charge in [0.15, 0.2) is 5.11 Å². The maximum absolute atomic E-state index is 5.38. The van der Waals surface area contributed by atoms with Gasteiger partial charge < -0.3 is 20.3 Å². The van der Waals surface area contributed by atoms with Crippen molar-refractivity contribution in [1.29, 1.82) is 0 Å². The maximum atomic E-state index is 5.38. The molecule has 0 radical (unpaired) electrons. The van der Waals surface area contributed by atoms with Gasteiger partial charge in [0, 0.05) is 18.7 Å². The van der Waals surface area contributed by atoms with Crippen molar-refractivity contribution in [2.45, 2.75) is 39.0 Å². The van der Waals surface area contributed by atoms with Crippen LogP contribution in [-0.4, -0.2) is 44.5 Å². The molecule has 1 saturated heterocycles. The molecule has 0 aliphatic carbocycles. The van der Waals surface area contributed by atoms with Crippen LogP contribution in [0.15, 0.2) is 24.3 Å². The van der Waals surface area contributed by atoms with Crippen molar-refractivity contribution in [3.05, 3.63) is 29.8 Å². The van der Waals surface area contributed by atoms with Crippen molar-refractivity contribution < 1.29 is 9.64 Å². The summed E-state index contributed by atoms with van der Waals surface area (Å²) in [5.74, 6) is 0. The molecule has 2 rings (SSSR count). The number of unbranched alkanes of at least 4 members (excludes halogenated alkanes) is 2. The molecule has 0 spiro atoms. The molecule has 0 saturated carbocycles. The van der Waals surface area contributed by atoms with Crippen molar-refractivity contribution in [2.24, 2.45) is 0 Å². The van der Waals surface area contributed by atoms with E-state index in [4.69, 9.17) is 17.0 Å². The number of quaternary nitrogens is 1. The van der Waals surface area contributed by atoms with E-state index in [-0.39, 0.29) is 0 Å². The highest BCUT2D eigenvalue weighted by Crippen LogP contribution is 2.12. The summed E-state index contributed by atoms with van der Waals surface area (Å²) in [4.78, 5) is 1.64. The Bertz CT molecular complexity index is 472. The molecule has 0 atom stereocenters. The fourth-order valence-corrected chi connectivity index (χ4v) is 3.18. The Balaban J connectivity index is 1.59. The second-order valence-electron chi connectivity index (χ2n) is 6.50. The van der Waals surface area contributed by atoms with Gasteiger partial charge in [0.25, 0.3) is 0 Å². The van der Waals surface area contributed by atoms with E-state index in [1.165, 1.54) is 37.8 Å². The van der Waals surface area contributed by atoms with Crippen LogP contribution in [0.3, 0.4) is 0 Å². The molecule has 4 nitrogen and oxygen atoms in total. The molecule has 1 aliphatic heterocycles. The van der Waals surface area contributed by atoms with Crippen LogP contribution in [0, 0.1) is 0 Å². The molecule has 0 bridgehead atoms. The van der Waals surface area contributed by atoms with Gasteiger partial charge in [0.05, 0.1) is 19.8 Å². The van der Waals surface area contributed by atoms with Crippen LogP contribution in [0.1, 0.15) is 38.2 Å². The van der Waals surface area contributed by atoms with Gasteiger partial charge in [-0.1, -0.05) is 31.9 Å². The molecule has 1 aromatic rings. The molecule has 1 fully saturated rings. The number of ether oxygens (including phenoxy) is 1. The summed E-state index contributed by atoms with van der Waals surface area (Å²) in [6.45, 7) is 8.41. The highest BCUT2D eigenvalue weighted by Gasteiger charge is 2.12. The van der Waals surface area contributed by atoms with E-state index in [1.807, 2.05) is 0 Å². The average molecular weight is 351 g/mol. The van der Waals surface area contributed by atoms with Gasteiger partial charge in [-0.3, -0.25) is 0 Å². The Morgan fingerprint density at radius 2 is 1.88 bits per heavy atom. The van der Waals surface area contributed by atoms with Crippen LogP contribution in [0.4, 0.5) is 5.69 Å². The molecule has 1 heterocycles. The first-order valence-electron chi connectivity index (χ1n) is 9.33. The van der Waals surface area contributed by atoms with Crippen LogP contribution in [0.25, 0.3) is 0 Å². The standard InChI is InChI=1S/C19H31N3OS/c1-2-3-4-6-17-7-9-18(10-8-17)21-19(24)20-11-5-12-22-13-15-23-16-14-22/h7-10H,2-6,11-16H2,1H3,(H2,20,21,24)/p+1. The van der Waals surface area contributed by atoms with E-state index in [9.17, 15) is 0 Å². The number of benzene rings is 1. The maximum Gasteiger partial charge on any atom is 0.170 e. The van der Waals surface area contributed by atoms with E-state index >= 15 is 0 Å². The topological polar surface area (TPSA) is 37.7 Å². The number of morpholine rings is 1. The van der Waals surface area contributed by atoms with Gasteiger partial charge >= 0.3 is 0 Å². The summed E-state index contributed by atoms with van der Waals surface area (Å²) in [5.41, 5.74) is 2.46. The minimum atomic E-state index is 0.714. The molecule has 0 unspecified atom stereocenters. The summed E-state index contributed by atoms with van der Waals surface area (Å²) < 4.78 is 5.38. The Morgan fingerprint density at radius 1 is 1.12 bits per heavy atom. The number of nitrogens with one attached hydrogen (secondary N) is 3. The molecule has 0 amide bonds. The Labute approximate surface area is 152 Å². The summed E-state index contributed by atoms with van der Waals surface area (Å²) >= 11 is 5.38. The zero-order chi connectivity index (χ0) is 17.0. The molecular formula is C19H32N3OS+. The number of aryl methyl sites for hydroxylation is 1. The zero-order valence-electron chi connectivity index (χ0n) is 14.9. The fraction of sp³-hybridized carbons (Fsp3) is 0.632. The fourth-order valence-electron chi connectivity index (χ4n) is 2.96. The summed E-state index contributed by atoms with van der Waals surface area (Å²) in [5, 5.41) is 7.28. The number of rotatable bonds is 9. The van der Waals surface area contributed by atoms with E-state index < -0.39 is 0 Å². The third-order valence-electron chi connectivity index (χ3n) is 4.47. The minimum absolute atomic E-state index is 0.714. The zero-order valence-corrected chi connectivity index (χ0v) is 15.7. The molecule has 5 heteroatoms. The summed E-state index contributed by atoms with van der Waals surface area (Å²) in [6.07, 6.45) is 6.15. The number of hydrogen-bond acceptors (Lipinski definition) is 2. The molecule has 3 N–H and O–H groups in total. The molecular weight excluding hydrogens is 318 g/mol. The van der Waals surface area contributed by atoms with Gasteiger partial charge in [-0.05, 0) is 42.8 Å². The van der Waals surface area contributed by atoms with Gasteiger partial charge in [-0.25, -0.2) is 0 Å². The molecule has 1 aliphatic rings. The van der Waals surface area contributed by atoms with Crippen LogP contribution >= 0.6 is 12.2 Å². The van der Waals surface area contributed by atoms with Gasteiger partial charge in [0.1, 0.15) is 13.1 Å². The van der Waals surface area contributed by atoms with Gasteiger partial charge in [-0.15, -0.1) is 0 Å². The Morgan fingerprint density at radius 3 is 2.58 bits per heavy atom. The highest BCUT2D eigenvalue weighted by atomic mass is 32.1. The second-order valence-corrected chi connectivity index (χ2v) is 6.91. The molecule has 1 aromatic carbocycles. The van der Waals surface area contributed by atoms with Crippen LogP contribution < -0.4 is 15.5 Å². The van der Waals surface area contributed by atoms with Crippen molar-refractivity contribution in [3.8, 4) is 0 Å². The summed E-state index contributed by atoms with van der Waals surface area (Å²) in [7, 11) is 0. The van der Waals surface area contributed by atoms with E-state index in [2.05, 4.69) is 41.8 Å². The largest absolute Gasteiger partial charge is 0.370 e. The normalized spacial score (nSPS) is 15.2. The van der Waals surface area contributed by atoms with Gasteiger partial charge in [-0.2, -0.15) is 0 Å². The van der Waals surface area contributed by atoms with Crippen molar-refractivity contribution in [2.75, 3.05) is 44.7 Å². The van der Waals surface area contributed by atoms with E-state index in [1.54, 1.807) is 4.90 Å². The van der Waals surface area contributed by atoms with E-state index in [0.717, 1.165) is 45.0 Å². The number of thiocarbonyl (C=S) groups is 1. The third kappa shape index (κ3) is 7.60. The smallest absolute Gasteiger partial charge is 0.170 e. The van der Waals surface area contributed by atoms with Crippen LogP contribution in [-0.2, 0) is 11.2 Å². The first kappa shape index (κ1) is 19.2. The Hall–Kier alpha value is -1.17. The minimum Gasteiger partial charge on any atom is -0.370 e. The lowest BCUT2D eigenvalue weighted by atomic mass is 10.1. The predicted molar refractivity (Wildman–Crippen MR) is 105 cm³/mol. The average Bonchev–Trinajstić information content (AvgIpc) is 2.61. The first-order chi connectivity index (χ1) is 11.8. The van der Waals surface area contributed by atoms with Crippen molar-refractivity contribution in [1.82, 2.24) is 5.32 Å². The Kier molecular flexibility index (Phi) is 9.10. The van der Waals surface area contributed by atoms with Crippen molar-refractivity contribution in [3.63, 3.8) is 0 Å². The molecule has 0 aromatic heterocycles. The molecule has 134 valence electrons. The lowest BCUT2D eigenvalue weighted by molar-refractivity contribution is -0.908. The molecule has 24 heavy (non-hydrogen) atoms. The lowest BCUT2D eigenvalue weighted by Crippen LogP contribution is -3.14. The van der Waals surface area contributed by atoms with E-state index in [0.29, 0.717) is 5.11 Å². The SMILES string of the molecule is CCCCCc1ccc(NC(=S)NCCC[NH+]2CCOCC2)cc1. The number of anilines is 1.